The minimum absolute atomic E-state index is 0.0860. The van der Waals surface area contributed by atoms with Crippen molar-refractivity contribution >= 4 is 6.09 Å². The maximum absolute atomic E-state index is 11.9. The zero-order valence-electron chi connectivity index (χ0n) is 11.1. The molecule has 0 aromatic rings. The Morgan fingerprint density at radius 2 is 2.18 bits per heavy atom. The van der Waals surface area contributed by atoms with Crippen molar-refractivity contribution in [2.45, 2.75) is 64.3 Å². The number of aliphatic hydroxyl groups excluding tert-OH is 1. The number of carbonyl (C=O) groups excluding carboxylic acids is 1. The van der Waals surface area contributed by atoms with Crippen molar-refractivity contribution in [3.05, 3.63) is 12.7 Å². The molecule has 0 radical (unpaired) electrons. The first-order chi connectivity index (χ1) is 7.81. The summed E-state index contributed by atoms with van der Waals surface area (Å²) in [4.78, 5) is 13.5. The van der Waals surface area contributed by atoms with Crippen LogP contribution in [0.2, 0.25) is 0 Å². The van der Waals surface area contributed by atoms with E-state index in [-0.39, 0.29) is 18.2 Å². The number of amides is 1. The average Bonchev–Trinajstić information content (AvgIpc) is 2.89. The second-order valence-electron chi connectivity index (χ2n) is 5.46. The van der Waals surface area contributed by atoms with Crippen molar-refractivity contribution in [2.24, 2.45) is 0 Å². The maximum atomic E-state index is 11.9. The number of ether oxygens (including phenoxy) is 1. The fraction of sp³-hybridized carbons (Fsp3) is 0.769. The Bertz CT molecular complexity index is 296. The second-order valence-corrected chi connectivity index (χ2v) is 5.46. The molecule has 1 heterocycles. The predicted molar refractivity (Wildman–Crippen MR) is 66.8 cm³/mol. The normalized spacial score (nSPS) is 25.4. The summed E-state index contributed by atoms with van der Waals surface area (Å²) in [6, 6.07) is -0.0786. The lowest BCUT2D eigenvalue weighted by Gasteiger charge is -2.20. The summed E-state index contributed by atoms with van der Waals surface area (Å²) in [7, 11) is 0. The van der Waals surface area contributed by atoms with Gasteiger partial charge in [-0.1, -0.05) is 19.4 Å². The van der Waals surface area contributed by atoms with Crippen LogP contribution in [-0.2, 0) is 4.74 Å². The lowest BCUT2D eigenvalue weighted by Crippen LogP contribution is -2.29. The van der Waals surface area contributed by atoms with Crippen molar-refractivity contribution in [2.75, 3.05) is 0 Å². The summed E-state index contributed by atoms with van der Waals surface area (Å²) >= 11 is 0. The van der Waals surface area contributed by atoms with Crippen LogP contribution in [0.5, 0.6) is 0 Å². The molecule has 3 atom stereocenters. The quantitative estimate of drug-likeness (QED) is 0.607. The third-order valence-electron chi connectivity index (χ3n) is 2.76. The molecule has 1 saturated heterocycles. The zero-order chi connectivity index (χ0) is 13.2. The van der Waals surface area contributed by atoms with Crippen LogP contribution in [0.4, 0.5) is 4.79 Å². The summed E-state index contributed by atoms with van der Waals surface area (Å²) < 4.78 is 5.30. The molecule has 1 N–H and O–H groups in total. The summed E-state index contributed by atoms with van der Waals surface area (Å²) in [6.07, 6.45) is 2.32. The Hall–Kier alpha value is -1.03. The highest BCUT2D eigenvalue weighted by Crippen LogP contribution is 2.36. The van der Waals surface area contributed by atoms with Gasteiger partial charge in [0.15, 0.2) is 0 Å². The first kappa shape index (κ1) is 14.0. The molecule has 0 saturated carbocycles. The van der Waals surface area contributed by atoms with E-state index in [0.717, 1.165) is 12.8 Å². The van der Waals surface area contributed by atoms with Crippen LogP contribution < -0.4 is 0 Å². The monoisotopic (exact) mass is 241 g/mol. The molecule has 4 nitrogen and oxygen atoms in total. The highest BCUT2D eigenvalue weighted by molar-refractivity contribution is 5.72. The van der Waals surface area contributed by atoms with Crippen molar-refractivity contribution in [3.8, 4) is 0 Å². The number of rotatable bonds is 4. The van der Waals surface area contributed by atoms with Crippen LogP contribution in [0.3, 0.4) is 0 Å². The summed E-state index contributed by atoms with van der Waals surface area (Å²) in [6.45, 7) is 11.1. The maximum Gasteiger partial charge on any atom is 0.411 e. The van der Waals surface area contributed by atoms with E-state index < -0.39 is 11.7 Å². The lowest BCUT2D eigenvalue weighted by molar-refractivity contribution is 0.0369. The number of hydrogen-bond donors (Lipinski definition) is 1. The van der Waals surface area contributed by atoms with Gasteiger partial charge in [0.05, 0.1) is 18.2 Å². The largest absolute Gasteiger partial charge is 0.444 e. The van der Waals surface area contributed by atoms with Gasteiger partial charge in [0.2, 0.25) is 0 Å². The Morgan fingerprint density at radius 1 is 1.59 bits per heavy atom. The van der Waals surface area contributed by atoms with E-state index in [0.29, 0.717) is 0 Å². The van der Waals surface area contributed by atoms with E-state index in [2.05, 4.69) is 13.5 Å². The van der Waals surface area contributed by atoms with Crippen LogP contribution in [0.25, 0.3) is 0 Å². The van der Waals surface area contributed by atoms with Gasteiger partial charge in [-0.15, -0.1) is 6.58 Å². The van der Waals surface area contributed by atoms with Gasteiger partial charge in [-0.2, -0.15) is 0 Å². The van der Waals surface area contributed by atoms with E-state index in [1.807, 2.05) is 20.8 Å². The van der Waals surface area contributed by atoms with Crippen LogP contribution in [-0.4, -0.2) is 39.9 Å². The molecule has 0 unspecified atom stereocenters. The minimum atomic E-state index is -0.668. The van der Waals surface area contributed by atoms with Crippen molar-refractivity contribution in [1.82, 2.24) is 4.90 Å². The summed E-state index contributed by atoms with van der Waals surface area (Å²) in [5.74, 6) is 0. The van der Waals surface area contributed by atoms with Gasteiger partial charge in [-0.05, 0) is 27.2 Å². The molecular weight excluding hydrogens is 218 g/mol. The molecular formula is C13H23NO3. The van der Waals surface area contributed by atoms with Gasteiger partial charge in [0, 0.05) is 0 Å². The van der Waals surface area contributed by atoms with Crippen LogP contribution >= 0.6 is 0 Å². The van der Waals surface area contributed by atoms with E-state index in [4.69, 9.17) is 4.74 Å². The Balaban J connectivity index is 2.63. The van der Waals surface area contributed by atoms with Crippen LogP contribution in [0.15, 0.2) is 12.7 Å². The smallest absolute Gasteiger partial charge is 0.411 e. The van der Waals surface area contributed by atoms with Gasteiger partial charge < -0.3 is 9.84 Å². The van der Waals surface area contributed by atoms with Crippen molar-refractivity contribution in [1.29, 1.82) is 0 Å². The van der Waals surface area contributed by atoms with Crippen molar-refractivity contribution < 1.29 is 14.6 Å². The first-order valence-electron chi connectivity index (χ1n) is 6.13. The Kier molecular flexibility index (Phi) is 4.20. The van der Waals surface area contributed by atoms with E-state index in [9.17, 15) is 9.90 Å². The molecule has 1 amide bonds. The third-order valence-corrected chi connectivity index (χ3v) is 2.76. The molecule has 1 aliphatic rings. The van der Waals surface area contributed by atoms with Gasteiger partial charge in [0.1, 0.15) is 5.60 Å². The Morgan fingerprint density at radius 3 is 2.59 bits per heavy atom. The fourth-order valence-electron chi connectivity index (χ4n) is 2.01. The molecule has 0 bridgehead atoms. The molecule has 4 heteroatoms. The molecule has 0 spiro atoms. The van der Waals surface area contributed by atoms with E-state index in [1.165, 1.54) is 6.08 Å². The average molecular weight is 241 g/mol. The highest BCUT2D eigenvalue weighted by atomic mass is 16.6. The second kappa shape index (κ2) is 5.08. The van der Waals surface area contributed by atoms with E-state index in [1.54, 1.807) is 4.90 Å². The van der Waals surface area contributed by atoms with E-state index >= 15 is 0 Å². The summed E-state index contributed by atoms with van der Waals surface area (Å²) in [5, 5.41) is 9.74. The highest BCUT2D eigenvalue weighted by Gasteiger charge is 2.54. The molecule has 1 aliphatic heterocycles. The SMILES string of the molecule is C=C[C@H](O)[C@@H]1[C@@H](CCC)N1C(=O)OC(C)(C)C. The summed E-state index contributed by atoms with van der Waals surface area (Å²) in [5.41, 5.74) is -0.500. The molecule has 1 rings (SSSR count). The number of nitrogens with zero attached hydrogens (tertiary/aromatic N) is 1. The molecule has 0 aromatic heterocycles. The van der Waals surface area contributed by atoms with Crippen LogP contribution in [0, 0.1) is 0 Å². The standard InChI is InChI=1S/C13H23NO3/c1-6-8-9-11(10(15)7-2)14(9)12(16)17-13(3,4)5/h7,9-11,15H,2,6,8H2,1,3-5H3/t9-,10+,11+,14?/m1/s1. The van der Waals surface area contributed by atoms with Gasteiger partial charge in [-0.25, -0.2) is 4.79 Å². The zero-order valence-corrected chi connectivity index (χ0v) is 11.1. The molecule has 17 heavy (non-hydrogen) atoms. The molecule has 1 fully saturated rings. The third kappa shape index (κ3) is 3.46. The van der Waals surface area contributed by atoms with Gasteiger partial charge in [0.25, 0.3) is 0 Å². The minimum Gasteiger partial charge on any atom is -0.444 e. The number of carbonyl (C=O) groups is 1. The number of hydrogen-bond acceptors (Lipinski definition) is 3. The topological polar surface area (TPSA) is 49.5 Å². The molecule has 98 valence electrons. The van der Waals surface area contributed by atoms with Gasteiger partial charge in [-0.3, -0.25) is 4.90 Å². The van der Waals surface area contributed by atoms with Gasteiger partial charge >= 0.3 is 6.09 Å². The van der Waals surface area contributed by atoms with Crippen LogP contribution in [0.1, 0.15) is 40.5 Å². The lowest BCUT2D eigenvalue weighted by atomic mass is 10.1. The molecule has 0 aromatic carbocycles. The molecule has 0 aliphatic carbocycles. The fourth-order valence-corrected chi connectivity index (χ4v) is 2.01. The Labute approximate surface area is 103 Å². The predicted octanol–water partition coefficient (Wildman–Crippen LogP) is 2.32. The number of aliphatic hydroxyl groups is 1. The first-order valence-corrected chi connectivity index (χ1v) is 6.13. The van der Waals surface area contributed by atoms with Crippen molar-refractivity contribution in [3.63, 3.8) is 0 Å².